The predicted octanol–water partition coefficient (Wildman–Crippen LogP) is 0.826. The van der Waals surface area contributed by atoms with Crippen LogP contribution < -0.4 is 58.5 Å². The lowest BCUT2D eigenvalue weighted by molar-refractivity contribution is -0.137. The van der Waals surface area contributed by atoms with E-state index in [-0.39, 0.29) is 121 Å². The molecular weight excluding hydrogens is 1510 g/mol. The van der Waals surface area contributed by atoms with Crippen molar-refractivity contribution in [3.8, 4) is 0 Å². The van der Waals surface area contributed by atoms with Gasteiger partial charge in [-0.05, 0) is 117 Å². The molecule has 0 aliphatic carbocycles. The number of sulfone groups is 2. The van der Waals surface area contributed by atoms with Gasteiger partial charge < -0.3 is 57.7 Å². The lowest BCUT2D eigenvalue weighted by atomic mass is 9.73. The van der Waals surface area contributed by atoms with Crippen LogP contribution >= 0.6 is 0 Å². The monoisotopic (exact) mass is 1580 g/mol. The van der Waals surface area contributed by atoms with Crippen molar-refractivity contribution >= 4 is 132 Å². The third-order valence-corrected chi connectivity index (χ3v) is 23.8. The van der Waals surface area contributed by atoms with E-state index in [0.717, 1.165) is 99.4 Å². The molecule has 0 bridgehead atoms. The molecule has 2 spiro atoms. The quantitative estimate of drug-likeness (QED) is 0.0451. The van der Waals surface area contributed by atoms with Crippen LogP contribution in [0.25, 0.3) is 0 Å². The summed E-state index contributed by atoms with van der Waals surface area (Å²) in [5.74, 6) is -4.56. The first-order valence-electron chi connectivity index (χ1n) is 36.5. The van der Waals surface area contributed by atoms with Crippen molar-refractivity contribution in [1.29, 1.82) is 0 Å². The number of anilines is 6. The van der Waals surface area contributed by atoms with Crippen molar-refractivity contribution in [1.82, 2.24) is 71.0 Å². The number of aromatic nitrogens is 4. The Hall–Kier alpha value is -12.2. The SMILES string of the molecule is CS(=O)(=O)c1ccc(Nc2nc(N3CCCC(NC(=O)N4CC5(CN(Cc6ccc7c(c6)C(=O)N(C6CCC(=O)NC6=O)C7=O)C5)C4)C3)cnc2C(N)=O)cc1.CS(=O)(=O)c1ccc(Nc2nc(N3CCCC(NC(=O)N4CC5(CNC5)C4)C3)cnc2C(N)=O)cc1.O=Cc1ccc2c(c1)C(=O)N(C1CCC(=O)NC1=O)C2=O. The summed E-state index contributed by atoms with van der Waals surface area (Å²) in [5, 5.41) is 20.0. The highest BCUT2D eigenvalue weighted by Crippen LogP contribution is 2.42. The number of carbonyl (C=O) groups excluding carboxylic acids is 13. The number of imide groups is 4. The van der Waals surface area contributed by atoms with Gasteiger partial charge in [-0.1, -0.05) is 12.1 Å². The first-order chi connectivity index (χ1) is 53.8. The van der Waals surface area contributed by atoms with Gasteiger partial charge in [-0.2, -0.15) is 0 Å². The molecule has 8 saturated heterocycles. The molecule has 4 aromatic carbocycles. The number of fused-ring (bicyclic) bond motifs is 2. The molecule has 6 aromatic rings. The topological polar surface area (TPSA) is 501 Å². The van der Waals surface area contributed by atoms with Gasteiger partial charge in [0.2, 0.25) is 23.6 Å². The number of piperidine rings is 4. The number of hydrogen-bond donors (Lipinski definition) is 9. The fourth-order valence-electron chi connectivity index (χ4n) is 15.7. The van der Waals surface area contributed by atoms with Crippen LogP contribution in [-0.4, -0.2) is 254 Å². The van der Waals surface area contributed by atoms with Crippen molar-refractivity contribution in [3.05, 3.63) is 142 Å². The number of carbonyl (C=O) groups is 13. The molecular formula is C74H80N20O17S2. The number of nitrogens with zero attached hydrogens (tertiary/aromatic N) is 11. The van der Waals surface area contributed by atoms with E-state index in [2.05, 4.69) is 62.1 Å². The van der Waals surface area contributed by atoms with Crippen LogP contribution in [0, 0.1) is 10.8 Å². The number of benzene rings is 4. The summed E-state index contributed by atoms with van der Waals surface area (Å²) in [5.41, 5.74) is 14.2. The summed E-state index contributed by atoms with van der Waals surface area (Å²) in [6, 6.07) is 19.1. The van der Waals surface area contributed by atoms with E-state index in [1.54, 1.807) is 41.3 Å². The van der Waals surface area contributed by atoms with E-state index in [9.17, 15) is 79.2 Å². The van der Waals surface area contributed by atoms with Gasteiger partial charge in [0, 0.05) is 150 Å². The van der Waals surface area contributed by atoms with Crippen LogP contribution in [0.1, 0.15) is 130 Å². The van der Waals surface area contributed by atoms with Gasteiger partial charge in [-0.25, -0.2) is 46.4 Å². The Bertz CT molecular complexity index is 5220. The molecule has 11 N–H and O–H groups in total. The normalized spacial score (nSPS) is 21.5. The summed E-state index contributed by atoms with van der Waals surface area (Å²) in [4.78, 5) is 188. The van der Waals surface area contributed by atoms with Crippen LogP contribution in [0.2, 0.25) is 0 Å². The van der Waals surface area contributed by atoms with Gasteiger partial charge in [0.15, 0.2) is 42.7 Å². The number of amides is 14. The number of aldehydes is 1. The maximum absolute atomic E-state index is 13.3. The van der Waals surface area contributed by atoms with Gasteiger partial charge in [-0.3, -0.25) is 78.1 Å². The lowest BCUT2D eigenvalue weighted by Crippen LogP contribution is -2.73. The van der Waals surface area contributed by atoms with E-state index < -0.39 is 90.8 Å². The molecule has 16 rings (SSSR count). The Balaban J connectivity index is 0.000000157. The Morgan fingerprint density at radius 1 is 0.540 bits per heavy atom. The summed E-state index contributed by atoms with van der Waals surface area (Å²) in [7, 11) is -6.71. The number of urea groups is 2. The van der Waals surface area contributed by atoms with Crippen molar-refractivity contribution < 1.29 is 79.2 Å². The maximum atomic E-state index is 13.3. The van der Waals surface area contributed by atoms with Crippen LogP contribution in [0.4, 0.5) is 44.2 Å². The van der Waals surface area contributed by atoms with Crippen LogP contribution in [0.5, 0.6) is 0 Å². The molecule has 113 heavy (non-hydrogen) atoms. The predicted molar refractivity (Wildman–Crippen MR) is 402 cm³/mol. The number of nitrogens with two attached hydrogens (primary N) is 2. The molecule has 0 radical (unpaired) electrons. The standard InChI is InChI=1S/C37H40N10O8S.C23H30N8O4S.C14H10N2O5/c1-56(54,55)24-7-5-22(6-8-24)40-32-30(31(38)49)39-14-28(42-32)45-12-2-3-23(16-45)41-36(53)46-19-37(20-46)17-44(18-37)15-21-4-9-25-26(13-21)35(52)47(34(25)51)27-10-11-29(48)43-33(27)50;1-36(34,35)17-6-4-15(5-7-17)27-21-19(20(24)32)26-9-18(29-21)30-8-2-3-16(10-30)28-22(33)31-13-23(14-31)11-25-12-23;17-6-7-1-2-8-9(5-7)14(21)16(13(8)20)10-3-4-11(18)15-12(10)19/h4-9,13-14,23,27H,2-3,10-12,15-20H2,1H3,(H2,38,49)(H,40,42)(H,41,53)(H,43,48,50);4-7,9,16,25H,2-3,8,10-14H2,1H3,(H2,24,32)(H,27,29)(H,28,33);1-2,5-6,10H,3-4H2,(H,15,18,19). The molecule has 39 heteroatoms. The van der Waals surface area contributed by atoms with Crippen molar-refractivity contribution in [2.75, 3.05) is 111 Å². The Kier molecular flexibility index (Phi) is 21.1. The first-order valence-corrected chi connectivity index (χ1v) is 40.3. The van der Waals surface area contributed by atoms with Crippen molar-refractivity contribution in [3.63, 3.8) is 0 Å². The van der Waals surface area contributed by atoms with E-state index in [0.29, 0.717) is 68.6 Å². The molecule has 2 aromatic heterocycles. The summed E-state index contributed by atoms with van der Waals surface area (Å²) in [6.07, 6.45) is 9.45. The minimum Gasteiger partial charge on any atom is -0.364 e. The molecule has 4 unspecified atom stereocenters. The largest absolute Gasteiger partial charge is 0.364 e. The second-order valence-electron chi connectivity index (χ2n) is 30.0. The Labute approximate surface area is 646 Å². The van der Waals surface area contributed by atoms with Crippen LogP contribution in [0.15, 0.2) is 107 Å². The average molecular weight is 1590 g/mol. The number of hydrogen-bond acceptors (Lipinski definition) is 27. The Morgan fingerprint density at radius 3 is 1.37 bits per heavy atom. The molecule has 4 atom stereocenters. The summed E-state index contributed by atoms with van der Waals surface area (Å²) < 4.78 is 47.2. The molecule has 37 nitrogen and oxygen atoms in total. The second kappa shape index (κ2) is 30.8. The van der Waals surface area contributed by atoms with Crippen LogP contribution in [-0.2, 0) is 45.4 Å². The zero-order chi connectivity index (χ0) is 80.2. The third-order valence-electron chi connectivity index (χ3n) is 21.5. The average Bonchev–Trinajstić information content (AvgIpc) is 1.44. The van der Waals surface area contributed by atoms with E-state index >= 15 is 0 Å². The van der Waals surface area contributed by atoms with Crippen LogP contribution in [0.3, 0.4) is 0 Å². The van der Waals surface area contributed by atoms with Gasteiger partial charge in [-0.15, -0.1) is 0 Å². The van der Waals surface area contributed by atoms with Gasteiger partial charge in [0.1, 0.15) is 30.0 Å². The molecule has 8 fully saturated rings. The second-order valence-corrected chi connectivity index (χ2v) is 34.1. The summed E-state index contributed by atoms with van der Waals surface area (Å²) in [6.45, 7) is 9.34. The first kappa shape index (κ1) is 77.5. The molecule has 0 saturated carbocycles. The zero-order valence-corrected chi connectivity index (χ0v) is 62.9. The Morgan fingerprint density at radius 2 is 0.965 bits per heavy atom. The number of primary amides is 2. The third kappa shape index (κ3) is 16.3. The highest BCUT2D eigenvalue weighted by molar-refractivity contribution is 7.91. The minimum absolute atomic E-state index is 0.00664. The molecule has 10 aliphatic rings. The van der Waals surface area contributed by atoms with Gasteiger partial charge >= 0.3 is 12.1 Å². The van der Waals surface area contributed by atoms with Crippen molar-refractivity contribution in [2.24, 2.45) is 22.3 Å². The van der Waals surface area contributed by atoms with Gasteiger partial charge in [0.05, 0.1) is 44.4 Å². The fraction of sp³-hybridized carbons (Fsp3) is 0.392. The smallest absolute Gasteiger partial charge is 0.317 e. The highest BCUT2D eigenvalue weighted by Gasteiger charge is 2.54. The molecule has 14 amide bonds. The number of rotatable bonds is 17. The minimum atomic E-state index is -3.38. The highest BCUT2D eigenvalue weighted by atomic mass is 32.2. The molecule has 10 aliphatic heterocycles. The maximum Gasteiger partial charge on any atom is 0.317 e. The summed E-state index contributed by atoms with van der Waals surface area (Å²) >= 11 is 0. The zero-order valence-electron chi connectivity index (χ0n) is 61.3. The van der Waals surface area contributed by atoms with E-state index in [4.69, 9.17) is 11.5 Å². The molecule has 12 heterocycles. The van der Waals surface area contributed by atoms with Crippen molar-refractivity contribution in [2.45, 2.75) is 91.9 Å². The molecule has 590 valence electrons. The van der Waals surface area contributed by atoms with E-state index in [1.807, 2.05) is 20.8 Å². The van der Waals surface area contributed by atoms with Gasteiger partial charge in [0.25, 0.3) is 35.4 Å². The lowest BCUT2D eigenvalue weighted by Gasteiger charge is -2.60. The van der Waals surface area contributed by atoms with E-state index in [1.165, 1.54) is 54.9 Å². The number of nitrogens with one attached hydrogen (secondary N) is 7. The number of likely N-dealkylation sites (tertiary alicyclic amines) is 3. The fourth-order valence-corrected chi connectivity index (χ4v) is 17.0.